The number of nitrogens with zero attached hydrogens (tertiary/aromatic N) is 6. The first-order valence-corrected chi connectivity index (χ1v) is 8.15. The Morgan fingerprint density at radius 3 is 1.58 bits per heavy atom. The number of aromatic nitrogens is 6. The van der Waals surface area contributed by atoms with Crippen molar-refractivity contribution in [1.82, 2.24) is 30.0 Å². The van der Waals surface area contributed by atoms with E-state index in [0.717, 1.165) is 22.1 Å². The molecule has 0 aliphatic heterocycles. The molecule has 0 spiro atoms. The third-order valence-electron chi connectivity index (χ3n) is 4.16. The van der Waals surface area contributed by atoms with Crippen molar-refractivity contribution in [2.24, 2.45) is 0 Å². The van der Waals surface area contributed by atoms with Gasteiger partial charge >= 0.3 is 0 Å². The fourth-order valence-electron chi connectivity index (χ4n) is 2.86. The first-order chi connectivity index (χ1) is 12.8. The number of benzene rings is 2. The van der Waals surface area contributed by atoms with E-state index in [1.54, 1.807) is 23.6 Å². The Hall–Kier alpha value is -3.10. The summed E-state index contributed by atoms with van der Waals surface area (Å²) < 4.78 is 14.6. The van der Waals surface area contributed by atoms with E-state index >= 15 is 0 Å². The summed E-state index contributed by atoms with van der Waals surface area (Å²) in [7, 11) is 3.25. The molecule has 132 valence electrons. The summed E-state index contributed by atoms with van der Waals surface area (Å²) in [6, 6.07) is 15.5. The smallest absolute Gasteiger partial charge is 0.171 e. The Kier molecular flexibility index (Phi) is 4.42. The highest BCUT2D eigenvalue weighted by Crippen LogP contribution is 2.21. The molecule has 2 atom stereocenters. The van der Waals surface area contributed by atoms with Gasteiger partial charge in [-0.25, -0.2) is 9.36 Å². The van der Waals surface area contributed by atoms with Crippen LogP contribution in [0.1, 0.15) is 12.5 Å². The van der Waals surface area contributed by atoms with Crippen LogP contribution in [-0.2, 0) is 9.47 Å². The monoisotopic (exact) mass is 350 g/mol. The van der Waals surface area contributed by atoms with E-state index in [1.807, 2.05) is 60.7 Å². The maximum absolute atomic E-state index is 5.58. The number of methoxy groups -OCH3 is 2. The van der Waals surface area contributed by atoms with Gasteiger partial charge in [-0.2, -0.15) is 0 Å². The van der Waals surface area contributed by atoms with Gasteiger partial charge in [-0.15, -0.1) is 10.2 Å². The summed E-state index contributed by atoms with van der Waals surface area (Å²) in [6.45, 7) is 0. The molecule has 2 unspecified atom stereocenters. The third-order valence-corrected chi connectivity index (χ3v) is 4.16. The lowest BCUT2D eigenvalue weighted by Crippen LogP contribution is -2.14. The Balaban J connectivity index is 1.65. The van der Waals surface area contributed by atoms with Crippen LogP contribution in [0.3, 0.4) is 0 Å². The second-order valence-electron chi connectivity index (χ2n) is 5.68. The van der Waals surface area contributed by atoms with E-state index in [0.29, 0.717) is 0 Å². The molecule has 0 saturated heterocycles. The van der Waals surface area contributed by atoms with Crippen molar-refractivity contribution >= 4 is 22.1 Å². The molecule has 0 saturated carbocycles. The summed E-state index contributed by atoms with van der Waals surface area (Å²) in [5.74, 6) is 0. The molecule has 0 bridgehead atoms. The normalized spacial score (nSPS) is 14.4. The van der Waals surface area contributed by atoms with Gasteiger partial charge in [0.1, 0.15) is 11.0 Å². The molecule has 2 aromatic heterocycles. The number of ether oxygens (including phenoxy) is 2. The second kappa shape index (κ2) is 7.03. The molecular formula is C18H18N6O2. The van der Waals surface area contributed by atoms with Gasteiger partial charge in [0.05, 0.1) is 11.0 Å². The highest BCUT2D eigenvalue weighted by Gasteiger charge is 2.15. The molecule has 0 aliphatic carbocycles. The fraction of sp³-hybridized carbons (Fsp3) is 0.222. The van der Waals surface area contributed by atoms with E-state index < -0.39 is 12.5 Å². The Morgan fingerprint density at radius 2 is 1.15 bits per heavy atom. The van der Waals surface area contributed by atoms with Crippen LogP contribution in [0.2, 0.25) is 0 Å². The predicted octanol–water partition coefficient (Wildman–Crippen LogP) is 2.72. The molecule has 0 amide bonds. The van der Waals surface area contributed by atoms with E-state index in [-0.39, 0.29) is 0 Å². The molecule has 0 aliphatic rings. The van der Waals surface area contributed by atoms with Crippen molar-refractivity contribution in [3.8, 4) is 0 Å². The predicted molar refractivity (Wildman–Crippen MR) is 96.3 cm³/mol. The second-order valence-corrected chi connectivity index (χ2v) is 5.68. The van der Waals surface area contributed by atoms with Gasteiger partial charge in [-0.1, -0.05) is 34.7 Å². The molecule has 4 aromatic rings. The number of hydrogen-bond donors (Lipinski definition) is 0. The third kappa shape index (κ3) is 2.85. The number of rotatable bonds is 6. The van der Waals surface area contributed by atoms with Crippen LogP contribution in [0.25, 0.3) is 22.1 Å². The highest BCUT2D eigenvalue weighted by molar-refractivity contribution is 5.74. The van der Waals surface area contributed by atoms with Crippen molar-refractivity contribution < 1.29 is 9.47 Å². The maximum atomic E-state index is 5.58. The standard InChI is InChI=1S/C18H18N6O2/c1-25-17(23-15-9-5-3-7-13(15)19-21-23)11-12-18(26-2)24-16-10-6-4-8-14(16)20-22-24/h3-12,17-18H,1-2H3. The van der Waals surface area contributed by atoms with Crippen LogP contribution in [0, 0.1) is 0 Å². The van der Waals surface area contributed by atoms with Gasteiger partial charge in [0.15, 0.2) is 12.5 Å². The zero-order valence-electron chi connectivity index (χ0n) is 14.4. The van der Waals surface area contributed by atoms with E-state index in [2.05, 4.69) is 20.6 Å². The van der Waals surface area contributed by atoms with Crippen LogP contribution < -0.4 is 0 Å². The lowest BCUT2D eigenvalue weighted by Gasteiger charge is -2.15. The average Bonchev–Trinajstić information content (AvgIpc) is 3.30. The molecule has 0 fully saturated rings. The molecule has 4 rings (SSSR count). The summed E-state index contributed by atoms with van der Waals surface area (Å²) in [4.78, 5) is 0. The van der Waals surface area contributed by atoms with Crippen LogP contribution in [0.15, 0.2) is 60.7 Å². The summed E-state index contributed by atoms with van der Waals surface area (Å²) >= 11 is 0. The summed E-state index contributed by atoms with van der Waals surface area (Å²) in [6.07, 6.45) is 2.89. The largest absolute Gasteiger partial charge is 0.356 e. The Morgan fingerprint density at radius 1 is 0.731 bits per heavy atom. The topological polar surface area (TPSA) is 79.9 Å². The van der Waals surface area contributed by atoms with Crippen LogP contribution in [0.4, 0.5) is 0 Å². The van der Waals surface area contributed by atoms with E-state index in [1.165, 1.54) is 0 Å². The van der Waals surface area contributed by atoms with Crippen molar-refractivity contribution in [1.29, 1.82) is 0 Å². The minimum atomic E-state index is -0.421. The number of hydrogen-bond acceptors (Lipinski definition) is 6. The van der Waals surface area contributed by atoms with Gasteiger partial charge in [0.2, 0.25) is 0 Å². The van der Waals surface area contributed by atoms with E-state index in [4.69, 9.17) is 9.47 Å². The average molecular weight is 350 g/mol. The lowest BCUT2D eigenvalue weighted by atomic mass is 10.3. The van der Waals surface area contributed by atoms with E-state index in [9.17, 15) is 0 Å². The van der Waals surface area contributed by atoms with Crippen molar-refractivity contribution in [2.75, 3.05) is 14.2 Å². The van der Waals surface area contributed by atoms with Gasteiger partial charge in [0.25, 0.3) is 0 Å². The van der Waals surface area contributed by atoms with Gasteiger partial charge in [-0.3, -0.25) is 0 Å². The van der Waals surface area contributed by atoms with Gasteiger partial charge in [-0.05, 0) is 36.4 Å². The fourth-order valence-corrected chi connectivity index (χ4v) is 2.86. The molecule has 2 aromatic carbocycles. The molecular weight excluding hydrogens is 332 g/mol. The number of para-hydroxylation sites is 2. The maximum Gasteiger partial charge on any atom is 0.171 e. The minimum absolute atomic E-state index is 0.421. The van der Waals surface area contributed by atoms with Gasteiger partial charge in [0, 0.05) is 14.2 Å². The SMILES string of the molecule is COC(C=CC(OC)n1nnc2ccccc21)n1nnc2ccccc21. The zero-order chi connectivity index (χ0) is 17.9. The summed E-state index contributed by atoms with van der Waals surface area (Å²) in [5.41, 5.74) is 3.41. The Labute approximate surface area is 149 Å². The molecule has 0 N–H and O–H groups in total. The van der Waals surface area contributed by atoms with Crippen molar-refractivity contribution in [2.45, 2.75) is 12.5 Å². The Bertz CT molecular complexity index is 970. The summed E-state index contributed by atoms with van der Waals surface area (Å²) in [5, 5.41) is 16.7. The van der Waals surface area contributed by atoms with Crippen molar-refractivity contribution in [3.05, 3.63) is 60.7 Å². The lowest BCUT2D eigenvalue weighted by molar-refractivity contribution is 0.0627. The molecule has 8 nitrogen and oxygen atoms in total. The van der Waals surface area contributed by atoms with Crippen molar-refractivity contribution in [3.63, 3.8) is 0 Å². The van der Waals surface area contributed by atoms with Gasteiger partial charge < -0.3 is 9.47 Å². The molecule has 0 radical (unpaired) electrons. The quantitative estimate of drug-likeness (QED) is 0.498. The first-order valence-electron chi connectivity index (χ1n) is 8.15. The molecule has 8 heteroatoms. The number of fused-ring (bicyclic) bond motifs is 2. The van der Waals surface area contributed by atoms with Crippen LogP contribution in [-0.4, -0.2) is 44.2 Å². The molecule has 2 heterocycles. The van der Waals surface area contributed by atoms with Crippen LogP contribution in [0.5, 0.6) is 0 Å². The highest BCUT2D eigenvalue weighted by atomic mass is 16.5. The van der Waals surface area contributed by atoms with Crippen LogP contribution >= 0.6 is 0 Å². The zero-order valence-corrected chi connectivity index (χ0v) is 14.4. The first kappa shape index (κ1) is 16.4. The minimum Gasteiger partial charge on any atom is -0.356 e. The molecule has 26 heavy (non-hydrogen) atoms.